The second-order valence-electron chi connectivity index (χ2n) is 4.47. The Kier molecular flexibility index (Phi) is 4.60. The van der Waals surface area contributed by atoms with Gasteiger partial charge in [-0.15, -0.1) is 0 Å². The molecule has 0 heterocycles. The quantitative estimate of drug-likeness (QED) is 0.830. The number of aryl methyl sites for hydroxylation is 1. The molecule has 0 aliphatic rings. The largest absolute Gasteiger partial charge is 0.324 e. The molecule has 94 valence electrons. The van der Waals surface area contributed by atoms with Crippen LogP contribution in [0.3, 0.4) is 0 Å². The van der Waals surface area contributed by atoms with Crippen molar-refractivity contribution in [3.05, 3.63) is 68.1 Å². The molecule has 0 fully saturated rings. The van der Waals surface area contributed by atoms with Crippen molar-refractivity contribution in [2.24, 2.45) is 5.73 Å². The summed E-state index contributed by atoms with van der Waals surface area (Å²) >= 11 is 7.04. The molecule has 3 heteroatoms. The Morgan fingerprint density at radius 1 is 1.11 bits per heavy atom. The fraction of sp³-hybridized carbons (Fsp3) is 0.200. The summed E-state index contributed by atoms with van der Waals surface area (Å²) in [5.74, 6) is 0. The van der Waals surface area contributed by atoms with Crippen molar-refractivity contribution >= 4 is 31.9 Å². The van der Waals surface area contributed by atoms with Gasteiger partial charge in [-0.2, -0.15) is 0 Å². The summed E-state index contributed by atoms with van der Waals surface area (Å²) in [5.41, 5.74) is 9.97. The van der Waals surface area contributed by atoms with Gasteiger partial charge in [0, 0.05) is 15.0 Å². The van der Waals surface area contributed by atoms with Crippen molar-refractivity contribution in [2.45, 2.75) is 19.4 Å². The average Bonchev–Trinajstić information content (AvgIpc) is 2.32. The van der Waals surface area contributed by atoms with Crippen LogP contribution >= 0.6 is 31.9 Å². The van der Waals surface area contributed by atoms with Gasteiger partial charge in [0.2, 0.25) is 0 Å². The van der Waals surface area contributed by atoms with E-state index >= 15 is 0 Å². The lowest BCUT2D eigenvalue weighted by Crippen LogP contribution is -2.14. The molecule has 0 spiro atoms. The van der Waals surface area contributed by atoms with E-state index in [-0.39, 0.29) is 6.04 Å². The normalized spacial score (nSPS) is 12.4. The molecule has 1 atom stereocenters. The second kappa shape index (κ2) is 6.00. The van der Waals surface area contributed by atoms with Crippen LogP contribution in [0.25, 0.3) is 0 Å². The monoisotopic (exact) mass is 367 g/mol. The van der Waals surface area contributed by atoms with Crippen LogP contribution in [0.2, 0.25) is 0 Å². The Morgan fingerprint density at radius 2 is 1.89 bits per heavy atom. The maximum atomic E-state index is 6.30. The topological polar surface area (TPSA) is 26.0 Å². The first-order valence-corrected chi connectivity index (χ1v) is 7.41. The molecule has 0 amide bonds. The van der Waals surface area contributed by atoms with Gasteiger partial charge in [0.15, 0.2) is 0 Å². The molecule has 18 heavy (non-hydrogen) atoms. The number of benzene rings is 2. The first-order valence-electron chi connectivity index (χ1n) is 5.82. The molecule has 2 N–H and O–H groups in total. The smallest absolute Gasteiger partial charge is 0.0347 e. The summed E-state index contributed by atoms with van der Waals surface area (Å²) in [6, 6.07) is 14.6. The SMILES string of the molecule is Cc1cccc(CC(N)c2cc(Br)ccc2Br)c1. The molecule has 0 saturated heterocycles. The lowest BCUT2D eigenvalue weighted by molar-refractivity contribution is 0.717. The summed E-state index contributed by atoms with van der Waals surface area (Å²) in [7, 11) is 0. The Morgan fingerprint density at radius 3 is 2.61 bits per heavy atom. The zero-order valence-corrected chi connectivity index (χ0v) is 13.3. The Bertz CT molecular complexity index is 552. The third kappa shape index (κ3) is 3.44. The van der Waals surface area contributed by atoms with Gasteiger partial charge >= 0.3 is 0 Å². The van der Waals surface area contributed by atoms with E-state index in [0.29, 0.717) is 0 Å². The Balaban J connectivity index is 2.21. The van der Waals surface area contributed by atoms with E-state index in [4.69, 9.17) is 5.73 Å². The van der Waals surface area contributed by atoms with Gasteiger partial charge in [-0.3, -0.25) is 0 Å². The molecular weight excluding hydrogens is 354 g/mol. The van der Waals surface area contributed by atoms with Gasteiger partial charge in [0.05, 0.1) is 0 Å². The standard InChI is InChI=1S/C15H15Br2N/c1-10-3-2-4-11(7-10)8-15(18)13-9-12(16)5-6-14(13)17/h2-7,9,15H,8,18H2,1H3. The molecule has 1 unspecified atom stereocenters. The van der Waals surface area contributed by atoms with Crippen LogP contribution in [0, 0.1) is 6.92 Å². The fourth-order valence-electron chi connectivity index (χ4n) is 2.00. The van der Waals surface area contributed by atoms with Crippen molar-refractivity contribution in [3.63, 3.8) is 0 Å². The van der Waals surface area contributed by atoms with E-state index in [0.717, 1.165) is 20.9 Å². The van der Waals surface area contributed by atoms with E-state index in [1.807, 2.05) is 12.1 Å². The van der Waals surface area contributed by atoms with Crippen LogP contribution in [0.4, 0.5) is 0 Å². The van der Waals surface area contributed by atoms with E-state index < -0.39 is 0 Å². The second-order valence-corrected chi connectivity index (χ2v) is 6.24. The minimum atomic E-state index is -0.00123. The van der Waals surface area contributed by atoms with Crippen LogP contribution in [-0.2, 0) is 6.42 Å². The first kappa shape index (κ1) is 13.8. The van der Waals surface area contributed by atoms with Crippen LogP contribution in [0.1, 0.15) is 22.7 Å². The van der Waals surface area contributed by atoms with Gasteiger partial charge in [0.25, 0.3) is 0 Å². The molecule has 0 aliphatic heterocycles. The maximum absolute atomic E-state index is 6.30. The van der Waals surface area contributed by atoms with Gasteiger partial charge in [0.1, 0.15) is 0 Å². The lowest BCUT2D eigenvalue weighted by atomic mass is 9.99. The number of nitrogens with two attached hydrogens (primary N) is 1. The van der Waals surface area contributed by atoms with Crippen molar-refractivity contribution in [3.8, 4) is 0 Å². The molecule has 0 saturated carbocycles. The molecule has 2 aromatic rings. The predicted molar refractivity (Wildman–Crippen MR) is 83.7 cm³/mol. The zero-order chi connectivity index (χ0) is 13.1. The molecule has 1 nitrogen and oxygen atoms in total. The average molecular weight is 369 g/mol. The van der Waals surface area contributed by atoms with Crippen molar-refractivity contribution < 1.29 is 0 Å². The third-order valence-corrected chi connectivity index (χ3v) is 4.11. The highest BCUT2D eigenvalue weighted by Gasteiger charge is 2.11. The Hall–Kier alpha value is -0.640. The fourth-order valence-corrected chi connectivity index (χ4v) is 2.92. The lowest BCUT2D eigenvalue weighted by Gasteiger charge is -2.15. The Labute approximate surface area is 125 Å². The van der Waals surface area contributed by atoms with Gasteiger partial charge < -0.3 is 5.73 Å². The van der Waals surface area contributed by atoms with Crippen molar-refractivity contribution in [1.29, 1.82) is 0 Å². The number of hydrogen-bond donors (Lipinski definition) is 1. The molecule has 2 rings (SSSR count). The van der Waals surface area contributed by atoms with Crippen LogP contribution in [-0.4, -0.2) is 0 Å². The van der Waals surface area contributed by atoms with Crippen molar-refractivity contribution in [2.75, 3.05) is 0 Å². The van der Waals surface area contributed by atoms with Crippen molar-refractivity contribution in [1.82, 2.24) is 0 Å². The number of halogens is 2. The molecule has 0 aliphatic carbocycles. The molecule has 2 aromatic carbocycles. The number of rotatable bonds is 3. The summed E-state index contributed by atoms with van der Waals surface area (Å²) in [5, 5.41) is 0. The van der Waals surface area contributed by atoms with E-state index in [1.54, 1.807) is 0 Å². The highest BCUT2D eigenvalue weighted by atomic mass is 79.9. The summed E-state index contributed by atoms with van der Waals surface area (Å²) < 4.78 is 2.12. The highest BCUT2D eigenvalue weighted by Crippen LogP contribution is 2.27. The number of hydrogen-bond acceptors (Lipinski definition) is 1. The first-order chi connectivity index (χ1) is 8.56. The molecule has 0 radical (unpaired) electrons. The molecule has 0 bridgehead atoms. The third-order valence-electron chi connectivity index (χ3n) is 2.90. The van der Waals surface area contributed by atoms with Gasteiger partial charge in [-0.1, -0.05) is 61.7 Å². The van der Waals surface area contributed by atoms with Crippen LogP contribution in [0.5, 0.6) is 0 Å². The molecular formula is C15H15Br2N. The van der Waals surface area contributed by atoms with E-state index in [1.165, 1.54) is 11.1 Å². The van der Waals surface area contributed by atoms with Crippen LogP contribution in [0.15, 0.2) is 51.4 Å². The van der Waals surface area contributed by atoms with E-state index in [9.17, 15) is 0 Å². The summed E-state index contributed by atoms with van der Waals surface area (Å²) in [6.07, 6.45) is 0.844. The minimum absolute atomic E-state index is 0.00123. The summed E-state index contributed by atoms with van der Waals surface area (Å²) in [4.78, 5) is 0. The van der Waals surface area contributed by atoms with Gasteiger partial charge in [-0.05, 0) is 42.7 Å². The zero-order valence-electron chi connectivity index (χ0n) is 10.2. The van der Waals surface area contributed by atoms with Gasteiger partial charge in [-0.25, -0.2) is 0 Å². The highest BCUT2D eigenvalue weighted by molar-refractivity contribution is 9.11. The molecule has 0 aromatic heterocycles. The minimum Gasteiger partial charge on any atom is -0.324 e. The van der Waals surface area contributed by atoms with Crippen LogP contribution < -0.4 is 5.73 Å². The van der Waals surface area contributed by atoms with E-state index in [2.05, 4.69) is 69.1 Å². The maximum Gasteiger partial charge on any atom is 0.0347 e. The predicted octanol–water partition coefficient (Wildman–Crippen LogP) is 4.76. The summed E-state index contributed by atoms with van der Waals surface area (Å²) in [6.45, 7) is 2.10.